The predicted molar refractivity (Wildman–Crippen MR) is 39.2 cm³/mol. The van der Waals surface area contributed by atoms with Gasteiger partial charge in [0.2, 0.25) is 0 Å². The molecule has 0 aliphatic carbocycles. The summed E-state index contributed by atoms with van der Waals surface area (Å²) >= 11 is 0. The van der Waals surface area contributed by atoms with Crippen molar-refractivity contribution in [1.29, 1.82) is 0 Å². The second kappa shape index (κ2) is 2.76. The Bertz CT molecular complexity index is 99.0. The van der Waals surface area contributed by atoms with Crippen LogP contribution in [0.4, 0.5) is 0 Å². The highest BCUT2D eigenvalue weighted by atomic mass is 15.2. The Morgan fingerprint density at radius 1 is 1.33 bits per heavy atom. The maximum Gasteiger partial charge on any atom is 0.182 e. The van der Waals surface area contributed by atoms with Gasteiger partial charge in [0.1, 0.15) is 0 Å². The lowest BCUT2D eigenvalue weighted by Crippen LogP contribution is -2.49. The summed E-state index contributed by atoms with van der Waals surface area (Å²) < 4.78 is 0. The summed E-state index contributed by atoms with van der Waals surface area (Å²) in [7, 11) is 11.1. The first-order valence-corrected chi connectivity index (χ1v) is 3.21. The SMILES string of the molecule is [B]N1CCN([B])C(C)C1. The van der Waals surface area contributed by atoms with Crippen molar-refractivity contribution < 1.29 is 0 Å². The molecule has 4 heteroatoms. The minimum atomic E-state index is 0.392. The number of rotatable bonds is 0. The van der Waals surface area contributed by atoms with Crippen LogP contribution in [0.2, 0.25) is 0 Å². The first-order valence-electron chi connectivity index (χ1n) is 3.21. The standard InChI is InChI=1S/C5H10B2N2/c1-5-4-8(6)2-3-9(5)7/h5H,2-4H2,1H3. The van der Waals surface area contributed by atoms with Crippen LogP contribution in [0.3, 0.4) is 0 Å². The van der Waals surface area contributed by atoms with Crippen LogP contribution in [0, 0.1) is 0 Å². The van der Waals surface area contributed by atoms with E-state index >= 15 is 0 Å². The Morgan fingerprint density at radius 3 is 2.44 bits per heavy atom. The maximum absolute atomic E-state index is 5.59. The molecule has 1 aliphatic rings. The molecule has 1 rings (SSSR count). The monoisotopic (exact) mass is 120 g/mol. The summed E-state index contributed by atoms with van der Waals surface area (Å²) in [4.78, 5) is 3.62. The second-order valence-corrected chi connectivity index (χ2v) is 2.58. The average molecular weight is 120 g/mol. The van der Waals surface area contributed by atoms with E-state index < -0.39 is 0 Å². The molecule has 9 heavy (non-hydrogen) atoms. The van der Waals surface area contributed by atoms with Crippen molar-refractivity contribution in [2.24, 2.45) is 0 Å². The minimum Gasteiger partial charge on any atom is -0.351 e. The Morgan fingerprint density at radius 2 is 2.00 bits per heavy atom. The number of hydrogen-bond acceptors (Lipinski definition) is 2. The molecule has 0 spiro atoms. The van der Waals surface area contributed by atoms with Crippen LogP contribution >= 0.6 is 0 Å². The van der Waals surface area contributed by atoms with E-state index in [1.54, 1.807) is 4.81 Å². The van der Waals surface area contributed by atoms with Gasteiger partial charge in [-0.2, -0.15) is 0 Å². The molecule has 0 aromatic carbocycles. The summed E-state index contributed by atoms with van der Waals surface area (Å²) in [5.74, 6) is 0. The Labute approximate surface area is 59.1 Å². The van der Waals surface area contributed by atoms with E-state index in [1.807, 2.05) is 4.81 Å². The summed E-state index contributed by atoms with van der Waals surface area (Å²) in [6.07, 6.45) is 0. The zero-order chi connectivity index (χ0) is 6.85. The van der Waals surface area contributed by atoms with Crippen molar-refractivity contribution in [2.75, 3.05) is 19.6 Å². The number of nitrogens with zero attached hydrogens (tertiary/aromatic N) is 2. The molecule has 1 atom stereocenters. The summed E-state index contributed by atoms with van der Waals surface area (Å²) in [5.41, 5.74) is 0. The van der Waals surface area contributed by atoms with Gasteiger partial charge in [-0.1, -0.05) is 0 Å². The molecule has 0 aromatic rings. The normalized spacial score (nSPS) is 32.8. The van der Waals surface area contributed by atoms with Gasteiger partial charge in [-0.05, 0) is 20.0 Å². The van der Waals surface area contributed by atoms with Crippen LogP contribution in [0.25, 0.3) is 0 Å². The zero-order valence-corrected chi connectivity index (χ0v) is 5.75. The summed E-state index contributed by atoms with van der Waals surface area (Å²) in [6.45, 7) is 4.69. The van der Waals surface area contributed by atoms with E-state index in [-0.39, 0.29) is 0 Å². The lowest BCUT2D eigenvalue weighted by Gasteiger charge is -2.36. The van der Waals surface area contributed by atoms with Gasteiger partial charge >= 0.3 is 0 Å². The largest absolute Gasteiger partial charge is 0.351 e. The van der Waals surface area contributed by atoms with Gasteiger partial charge in [-0.3, -0.25) is 0 Å². The maximum atomic E-state index is 5.59. The van der Waals surface area contributed by atoms with Crippen LogP contribution < -0.4 is 0 Å². The molecular weight excluding hydrogens is 110 g/mol. The van der Waals surface area contributed by atoms with Gasteiger partial charge in [-0.25, -0.2) is 0 Å². The summed E-state index contributed by atoms with van der Waals surface area (Å²) in [6, 6.07) is 0.392. The highest BCUT2D eigenvalue weighted by Crippen LogP contribution is 2.02. The van der Waals surface area contributed by atoms with Gasteiger partial charge < -0.3 is 9.62 Å². The lowest BCUT2D eigenvalue weighted by atomic mass is 10.1. The third-order valence-corrected chi connectivity index (χ3v) is 1.71. The molecule has 4 radical (unpaired) electrons. The van der Waals surface area contributed by atoms with E-state index in [0.29, 0.717) is 6.04 Å². The molecule has 0 amide bonds. The van der Waals surface area contributed by atoms with Gasteiger partial charge in [0.05, 0.1) is 0 Å². The Balaban J connectivity index is 2.35. The number of piperazine rings is 1. The van der Waals surface area contributed by atoms with Crippen LogP contribution in [0.5, 0.6) is 0 Å². The lowest BCUT2D eigenvalue weighted by molar-refractivity contribution is 0.224. The fourth-order valence-corrected chi connectivity index (χ4v) is 1.000. The quantitative estimate of drug-likeness (QED) is 0.384. The average Bonchev–Trinajstić information content (AvgIpc) is 1.80. The third-order valence-electron chi connectivity index (χ3n) is 1.71. The van der Waals surface area contributed by atoms with Crippen molar-refractivity contribution in [3.63, 3.8) is 0 Å². The highest BCUT2D eigenvalue weighted by molar-refractivity contribution is 6.06. The van der Waals surface area contributed by atoms with Crippen LogP contribution in [-0.2, 0) is 0 Å². The van der Waals surface area contributed by atoms with Crippen molar-refractivity contribution >= 4 is 16.0 Å². The molecule has 1 unspecified atom stereocenters. The molecule has 0 bridgehead atoms. The molecule has 1 aliphatic heterocycles. The first kappa shape index (κ1) is 7.16. The Kier molecular flexibility index (Phi) is 2.19. The van der Waals surface area contributed by atoms with Crippen molar-refractivity contribution in [1.82, 2.24) is 9.62 Å². The van der Waals surface area contributed by atoms with E-state index in [0.717, 1.165) is 19.6 Å². The minimum absolute atomic E-state index is 0.392. The molecule has 0 N–H and O–H groups in total. The van der Waals surface area contributed by atoms with E-state index in [1.165, 1.54) is 0 Å². The number of hydrogen-bond donors (Lipinski definition) is 0. The van der Waals surface area contributed by atoms with Crippen LogP contribution in [-0.4, -0.2) is 51.3 Å². The topological polar surface area (TPSA) is 6.48 Å². The van der Waals surface area contributed by atoms with Gasteiger partial charge in [0.25, 0.3) is 0 Å². The first-order chi connectivity index (χ1) is 4.20. The molecular formula is C5H10B2N2. The highest BCUT2D eigenvalue weighted by Gasteiger charge is 2.15. The van der Waals surface area contributed by atoms with Crippen LogP contribution in [0.15, 0.2) is 0 Å². The molecule has 1 heterocycles. The van der Waals surface area contributed by atoms with E-state index in [4.69, 9.17) is 16.0 Å². The van der Waals surface area contributed by atoms with Crippen LogP contribution in [0.1, 0.15) is 6.92 Å². The fourth-order valence-electron chi connectivity index (χ4n) is 1.000. The zero-order valence-electron chi connectivity index (χ0n) is 5.75. The van der Waals surface area contributed by atoms with Gasteiger partial charge in [-0.15, -0.1) is 0 Å². The second-order valence-electron chi connectivity index (χ2n) is 2.58. The van der Waals surface area contributed by atoms with Crippen molar-refractivity contribution in [3.8, 4) is 0 Å². The molecule has 46 valence electrons. The molecule has 2 nitrogen and oxygen atoms in total. The molecule has 0 aromatic heterocycles. The van der Waals surface area contributed by atoms with Gasteiger partial charge in [0.15, 0.2) is 16.0 Å². The van der Waals surface area contributed by atoms with Crippen molar-refractivity contribution in [2.45, 2.75) is 13.0 Å². The molecule has 1 fully saturated rings. The summed E-state index contributed by atoms with van der Waals surface area (Å²) in [5, 5.41) is 0. The van der Waals surface area contributed by atoms with Gasteiger partial charge in [0, 0.05) is 12.6 Å². The van der Waals surface area contributed by atoms with Crippen molar-refractivity contribution in [3.05, 3.63) is 0 Å². The third kappa shape index (κ3) is 1.73. The smallest absolute Gasteiger partial charge is 0.182 e. The fraction of sp³-hybridized carbons (Fsp3) is 1.00. The molecule has 1 saturated heterocycles. The van der Waals surface area contributed by atoms with E-state index in [2.05, 4.69) is 6.92 Å². The predicted octanol–water partition coefficient (Wildman–Crippen LogP) is -0.841. The molecule has 0 saturated carbocycles. The van der Waals surface area contributed by atoms with E-state index in [9.17, 15) is 0 Å². The Hall–Kier alpha value is 0.0499.